The third kappa shape index (κ3) is 4.32. The van der Waals surface area contributed by atoms with Crippen LogP contribution in [0.5, 0.6) is 0 Å². The zero-order valence-corrected chi connectivity index (χ0v) is 13.9. The van der Waals surface area contributed by atoms with E-state index in [4.69, 9.17) is 11.6 Å². The molecule has 0 saturated carbocycles. The molecular formula is C16H18ClN3O4. The number of carbonyl (C=O) groups excluding carboxylic acids is 4. The van der Waals surface area contributed by atoms with Gasteiger partial charge in [-0.3, -0.25) is 14.4 Å². The lowest BCUT2D eigenvalue weighted by atomic mass is 10.2. The van der Waals surface area contributed by atoms with Gasteiger partial charge in [0.1, 0.15) is 6.29 Å². The number of anilines is 1. The van der Waals surface area contributed by atoms with E-state index in [1.165, 1.54) is 24.0 Å². The van der Waals surface area contributed by atoms with E-state index in [9.17, 15) is 19.2 Å². The second-order valence-corrected chi connectivity index (χ2v) is 5.90. The quantitative estimate of drug-likeness (QED) is 0.780. The highest BCUT2D eigenvalue weighted by atomic mass is 35.5. The van der Waals surface area contributed by atoms with Crippen LogP contribution in [0.2, 0.25) is 5.02 Å². The maximum atomic E-state index is 12.1. The van der Waals surface area contributed by atoms with Crippen molar-refractivity contribution in [2.75, 3.05) is 18.4 Å². The summed E-state index contributed by atoms with van der Waals surface area (Å²) in [6.07, 6.45) is 2.18. The number of benzene rings is 1. The van der Waals surface area contributed by atoms with Crippen molar-refractivity contribution in [3.63, 3.8) is 0 Å². The third-order valence-corrected chi connectivity index (χ3v) is 4.02. The lowest BCUT2D eigenvalue weighted by molar-refractivity contribution is -0.133. The van der Waals surface area contributed by atoms with Crippen molar-refractivity contribution in [2.24, 2.45) is 0 Å². The van der Waals surface area contributed by atoms with E-state index in [1.807, 2.05) is 0 Å². The zero-order valence-electron chi connectivity index (χ0n) is 13.2. The molecule has 0 aromatic heterocycles. The number of nitrogens with zero attached hydrogens (tertiary/aromatic N) is 1. The van der Waals surface area contributed by atoms with Gasteiger partial charge in [0.15, 0.2) is 0 Å². The Bertz CT molecular complexity index is 677. The fourth-order valence-electron chi connectivity index (χ4n) is 2.58. The van der Waals surface area contributed by atoms with Gasteiger partial charge >= 0.3 is 0 Å². The number of aldehydes is 1. The second kappa shape index (κ2) is 7.92. The Morgan fingerprint density at radius 3 is 2.75 bits per heavy atom. The van der Waals surface area contributed by atoms with Crippen LogP contribution in [0.15, 0.2) is 18.2 Å². The molecule has 1 aromatic rings. The molecule has 1 saturated heterocycles. The Morgan fingerprint density at radius 2 is 2.12 bits per heavy atom. The van der Waals surface area contributed by atoms with Crippen LogP contribution in [0, 0.1) is 0 Å². The molecule has 3 amide bonds. The van der Waals surface area contributed by atoms with Gasteiger partial charge in [0.05, 0.1) is 23.2 Å². The molecule has 2 N–H and O–H groups in total. The monoisotopic (exact) mass is 351 g/mol. The number of hydrogen-bond acceptors (Lipinski definition) is 4. The summed E-state index contributed by atoms with van der Waals surface area (Å²) < 4.78 is 0. The molecule has 0 radical (unpaired) electrons. The van der Waals surface area contributed by atoms with Crippen molar-refractivity contribution in [1.29, 1.82) is 0 Å². The van der Waals surface area contributed by atoms with Gasteiger partial charge in [-0.2, -0.15) is 0 Å². The maximum Gasteiger partial charge on any atom is 0.253 e. The van der Waals surface area contributed by atoms with Crippen LogP contribution in [0.4, 0.5) is 5.69 Å². The Morgan fingerprint density at radius 1 is 1.38 bits per heavy atom. The first-order valence-electron chi connectivity index (χ1n) is 7.52. The summed E-state index contributed by atoms with van der Waals surface area (Å²) in [6.45, 7) is 1.68. The van der Waals surface area contributed by atoms with Crippen LogP contribution in [-0.2, 0) is 14.4 Å². The Labute approximate surface area is 144 Å². The Hall–Kier alpha value is -2.41. The number of amides is 3. The first-order chi connectivity index (χ1) is 11.4. The summed E-state index contributed by atoms with van der Waals surface area (Å²) in [5.74, 6) is -1.04. The zero-order chi connectivity index (χ0) is 17.7. The van der Waals surface area contributed by atoms with Gasteiger partial charge in [0.25, 0.3) is 5.91 Å². The second-order valence-electron chi connectivity index (χ2n) is 5.49. The summed E-state index contributed by atoms with van der Waals surface area (Å²) in [5, 5.41) is 5.23. The average Bonchev–Trinajstić information content (AvgIpc) is 3.00. The highest BCUT2D eigenvalue weighted by Gasteiger charge is 2.28. The van der Waals surface area contributed by atoms with Gasteiger partial charge in [0.2, 0.25) is 11.8 Å². The topological polar surface area (TPSA) is 95.6 Å². The van der Waals surface area contributed by atoms with Crippen molar-refractivity contribution in [2.45, 2.75) is 25.8 Å². The molecule has 0 bridgehead atoms. The SMILES string of the molecule is CC(=O)Nc1ccc(C(=O)NCC(=O)N2CCC[C@H]2C=O)c(Cl)c1. The standard InChI is InChI=1S/C16H18ClN3O4/c1-10(22)19-11-4-5-13(14(17)7-11)16(24)18-8-15(23)20-6-2-3-12(20)9-21/h4-5,7,9,12H,2-3,6,8H2,1H3,(H,18,24)(H,19,22)/t12-/m0/s1. The minimum atomic E-state index is -0.496. The molecular weight excluding hydrogens is 334 g/mol. The predicted octanol–water partition coefficient (Wildman–Crippen LogP) is 1.22. The van der Waals surface area contributed by atoms with Gasteiger partial charge in [0, 0.05) is 19.2 Å². The molecule has 1 fully saturated rings. The van der Waals surface area contributed by atoms with Crippen molar-refractivity contribution in [3.8, 4) is 0 Å². The van der Waals surface area contributed by atoms with Crippen LogP contribution >= 0.6 is 11.6 Å². The molecule has 1 aromatic carbocycles. The smallest absolute Gasteiger partial charge is 0.253 e. The van der Waals surface area contributed by atoms with E-state index >= 15 is 0 Å². The van der Waals surface area contributed by atoms with E-state index in [1.54, 1.807) is 6.07 Å². The van der Waals surface area contributed by atoms with Crippen LogP contribution in [0.1, 0.15) is 30.1 Å². The van der Waals surface area contributed by atoms with E-state index < -0.39 is 11.9 Å². The fourth-order valence-corrected chi connectivity index (χ4v) is 2.84. The molecule has 0 unspecified atom stereocenters. The number of hydrogen-bond donors (Lipinski definition) is 2. The van der Waals surface area contributed by atoms with Crippen LogP contribution in [0.3, 0.4) is 0 Å². The van der Waals surface area contributed by atoms with Gasteiger partial charge in [-0.05, 0) is 31.0 Å². The summed E-state index contributed by atoms with van der Waals surface area (Å²) in [6, 6.07) is 4.07. The molecule has 0 spiro atoms. The lowest BCUT2D eigenvalue weighted by Gasteiger charge is -2.20. The normalized spacial score (nSPS) is 16.6. The largest absolute Gasteiger partial charge is 0.343 e. The summed E-state index contributed by atoms with van der Waals surface area (Å²) >= 11 is 6.04. The van der Waals surface area contributed by atoms with Crippen LogP contribution in [-0.4, -0.2) is 48.0 Å². The van der Waals surface area contributed by atoms with Crippen molar-refractivity contribution >= 4 is 41.3 Å². The number of nitrogens with one attached hydrogen (secondary N) is 2. The molecule has 24 heavy (non-hydrogen) atoms. The molecule has 0 aliphatic carbocycles. The predicted molar refractivity (Wildman–Crippen MR) is 88.9 cm³/mol. The minimum Gasteiger partial charge on any atom is -0.343 e. The van der Waals surface area contributed by atoms with Crippen molar-refractivity contribution < 1.29 is 19.2 Å². The highest BCUT2D eigenvalue weighted by Crippen LogP contribution is 2.21. The number of carbonyl (C=O) groups is 4. The molecule has 128 valence electrons. The van der Waals surface area contributed by atoms with Gasteiger partial charge < -0.3 is 20.3 Å². The van der Waals surface area contributed by atoms with Gasteiger partial charge in [-0.15, -0.1) is 0 Å². The van der Waals surface area contributed by atoms with Crippen LogP contribution < -0.4 is 10.6 Å². The first-order valence-corrected chi connectivity index (χ1v) is 7.90. The van der Waals surface area contributed by atoms with Crippen molar-refractivity contribution in [1.82, 2.24) is 10.2 Å². The number of likely N-dealkylation sites (tertiary alicyclic amines) is 1. The summed E-state index contributed by atoms with van der Waals surface area (Å²) in [7, 11) is 0. The maximum absolute atomic E-state index is 12.1. The first kappa shape index (κ1) is 17.9. The van der Waals surface area contributed by atoms with E-state index in [2.05, 4.69) is 10.6 Å². The third-order valence-electron chi connectivity index (χ3n) is 3.71. The van der Waals surface area contributed by atoms with Gasteiger partial charge in [-0.25, -0.2) is 0 Å². The number of halogens is 1. The summed E-state index contributed by atoms with van der Waals surface area (Å²) in [5.41, 5.74) is 0.679. The minimum absolute atomic E-state index is 0.165. The van der Waals surface area contributed by atoms with E-state index in [-0.39, 0.29) is 28.9 Å². The lowest BCUT2D eigenvalue weighted by Crippen LogP contribution is -2.43. The molecule has 1 heterocycles. The average molecular weight is 352 g/mol. The highest BCUT2D eigenvalue weighted by molar-refractivity contribution is 6.34. The molecule has 8 heteroatoms. The molecule has 7 nitrogen and oxygen atoms in total. The van der Waals surface area contributed by atoms with E-state index in [0.29, 0.717) is 18.7 Å². The molecule has 1 aliphatic heterocycles. The molecule has 1 atom stereocenters. The van der Waals surface area contributed by atoms with Crippen LogP contribution in [0.25, 0.3) is 0 Å². The summed E-state index contributed by atoms with van der Waals surface area (Å²) in [4.78, 5) is 47.6. The fraction of sp³-hybridized carbons (Fsp3) is 0.375. The Kier molecular flexibility index (Phi) is 5.92. The molecule has 1 aliphatic rings. The van der Waals surface area contributed by atoms with Gasteiger partial charge in [-0.1, -0.05) is 11.6 Å². The van der Waals surface area contributed by atoms with E-state index in [0.717, 1.165) is 12.7 Å². The molecule has 2 rings (SSSR count). The number of rotatable bonds is 5. The van der Waals surface area contributed by atoms with Crippen molar-refractivity contribution in [3.05, 3.63) is 28.8 Å². The Balaban J connectivity index is 1.96.